The molecule has 2 unspecified atom stereocenters. The number of halogens is 1. The molecular formula is C16H23ClN2O2. The van der Waals surface area contributed by atoms with Crippen molar-refractivity contribution >= 4 is 17.3 Å². The molecule has 1 saturated carbocycles. The SMILES string of the molecule is CC1CN(c2ccc(Cl)cc2CNC2CC2)CC(CO)O1. The lowest BCUT2D eigenvalue weighted by Gasteiger charge is -2.38. The molecule has 2 fully saturated rings. The van der Waals surface area contributed by atoms with Crippen LogP contribution in [0.15, 0.2) is 18.2 Å². The predicted molar refractivity (Wildman–Crippen MR) is 84.9 cm³/mol. The number of benzene rings is 1. The molecule has 21 heavy (non-hydrogen) atoms. The van der Waals surface area contributed by atoms with Gasteiger partial charge in [-0.05, 0) is 43.5 Å². The number of aliphatic hydroxyl groups excluding tert-OH is 1. The largest absolute Gasteiger partial charge is 0.394 e. The average molecular weight is 311 g/mol. The molecule has 1 aliphatic carbocycles. The second-order valence-electron chi connectivity index (χ2n) is 6.08. The molecule has 0 amide bonds. The maximum absolute atomic E-state index is 9.39. The number of morpholine rings is 1. The average Bonchev–Trinajstić information content (AvgIpc) is 3.28. The molecule has 2 atom stereocenters. The van der Waals surface area contributed by atoms with Crippen LogP contribution >= 0.6 is 11.6 Å². The van der Waals surface area contributed by atoms with E-state index in [1.807, 2.05) is 19.1 Å². The number of anilines is 1. The molecule has 1 heterocycles. The number of nitrogens with zero attached hydrogens (tertiary/aromatic N) is 1. The van der Waals surface area contributed by atoms with Gasteiger partial charge >= 0.3 is 0 Å². The van der Waals surface area contributed by atoms with Crippen LogP contribution in [0.25, 0.3) is 0 Å². The van der Waals surface area contributed by atoms with E-state index in [9.17, 15) is 5.11 Å². The van der Waals surface area contributed by atoms with Crippen LogP contribution in [0.4, 0.5) is 5.69 Å². The number of hydrogen-bond donors (Lipinski definition) is 2. The van der Waals surface area contributed by atoms with Crippen LogP contribution in [-0.4, -0.2) is 43.1 Å². The third-order valence-corrected chi connectivity index (χ3v) is 4.31. The molecule has 0 spiro atoms. The van der Waals surface area contributed by atoms with E-state index in [4.69, 9.17) is 16.3 Å². The Bertz CT molecular complexity index is 493. The summed E-state index contributed by atoms with van der Waals surface area (Å²) in [5.41, 5.74) is 2.42. The fourth-order valence-electron chi connectivity index (χ4n) is 2.89. The minimum absolute atomic E-state index is 0.0596. The van der Waals surface area contributed by atoms with E-state index in [2.05, 4.69) is 16.3 Å². The highest BCUT2D eigenvalue weighted by molar-refractivity contribution is 6.30. The van der Waals surface area contributed by atoms with Crippen molar-refractivity contribution in [2.75, 3.05) is 24.6 Å². The normalized spacial score (nSPS) is 26.1. The summed E-state index contributed by atoms with van der Waals surface area (Å²) < 4.78 is 5.73. The van der Waals surface area contributed by atoms with Crippen molar-refractivity contribution < 1.29 is 9.84 Å². The molecule has 0 bridgehead atoms. The van der Waals surface area contributed by atoms with E-state index < -0.39 is 0 Å². The van der Waals surface area contributed by atoms with E-state index in [1.165, 1.54) is 24.1 Å². The van der Waals surface area contributed by atoms with E-state index in [-0.39, 0.29) is 18.8 Å². The first-order valence-electron chi connectivity index (χ1n) is 7.69. The first-order valence-corrected chi connectivity index (χ1v) is 8.06. The lowest BCUT2D eigenvalue weighted by molar-refractivity contribution is -0.0421. The molecular weight excluding hydrogens is 288 g/mol. The maximum atomic E-state index is 9.39. The highest BCUT2D eigenvalue weighted by Gasteiger charge is 2.27. The number of hydrogen-bond acceptors (Lipinski definition) is 4. The summed E-state index contributed by atoms with van der Waals surface area (Å²) in [4.78, 5) is 2.30. The minimum atomic E-state index is -0.117. The minimum Gasteiger partial charge on any atom is -0.394 e. The van der Waals surface area contributed by atoms with Crippen LogP contribution < -0.4 is 10.2 Å². The van der Waals surface area contributed by atoms with Gasteiger partial charge in [-0.3, -0.25) is 0 Å². The zero-order valence-corrected chi connectivity index (χ0v) is 13.1. The Morgan fingerprint density at radius 3 is 2.90 bits per heavy atom. The van der Waals surface area contributed by atoms with E-state index in [0.29, 0.717) is 6.04 Å². The summed E-state index contributed by atoms with van der Waals surface area (Å²) in [5, 5.41) is 13.7. The molecule has 0 aromatic heterocycles. The Hall–Kier alpha value is -0.810. The van der Waals surface area contributed by atoms with Gasteiger partial charge in [-0.1, -0.05) is 11.6 Å². The fourth-order valence-corrected chi connectivity index (χ4v) is 3.08. The van der Waals surface area contributed by atoms with E-state index in [1.54, 1.807) is 0 Å². The molecule has 1 aliphatic heterocycles. The highest BCUT2D eigenvalue weighted by Crippen LogP contribution is 2.28. The molecule has 2 aliphatic rings. The standard InChI is InChI=1S/C16H23ClN2O2/c1-11-8-19(9-15(10-20)21-11)16-5-2-13(17)6-12(16)7-18-14-3-4-14/h2,5-6,11,14-15,18,20H,3-4,7-10H2,1H3. The van der Waals surface area contributed by atoms with Gasteiger partial charge in [-0.25, -0.2) is 0 Å². The number of aliphatic hydroxyl groups is 1. The highest BCUT2D eigenvalue weighted by atomic mass is 35.5. The predicted octanol–water partition coefficient (Wildman–Crippen LogP) is 2.18. The molecule has 5 heteroatoms. The Morgan fingerprint density at radius 2 is 2.19 bits per heavy atom. The van der Waals surface area contributed by atoms with Crippen molar-refractivity contribution in [2.45, 2.75) is 44.6 Å². The van der Waals surface area contributed by atoms with Crippen LogP contribution in [0.2, 0.25) is 5.02 Å². The second kappa shape index (κ2) is 6.53. The second-order valence-corrected chi connectivity index (χ2v) is 6.52. The van der Waals surface area contributed by atoms with Crippen LogP contribution in [0.5, 0.6) is 0 Å². The third-order valence-electron chi connectivity index (χ3n) is 4.07. The van der Waals surface area contributed by atoms with Crippen molar-refractivity contribution in [1.82, 2.24) is 5.32 Å². The first-order chi connectivity index (χ1) is 10.2. The Balaban J connectivity index is 1.78. The van der Waals surface area contributed by atoms with Gasteiger partial charge in [-0.2, -0.15) is 0 Å². The monoisotopic (exact) mass is 310 g/mol. The van der Waals surface area contributed by atoms with Gasteiger partial charge in [0.15, 0.2) is 0 Å². The van der Waals surface area contributed by atoms with Gasteiger partial charge in [0.2, 0.25) is 0 Å². The van der Waals surface area contributed by atoms with Crippen LogP contribution in [0.1, 0.15) is 25.3 Å². The van der Waals surface area contributed by atoms with Gasteiger partial charge in [-0.15, -0.1) is 0 Å². The Kier molecular flexibility index (Phi) is 4.69. The summed E-state index contributed by atoms with van der Waals surface area (Å²) in [6, 6.07) is 6.73. The summed E-state index contributed by atoms with van der Waals surface area (Å²) in [6.07, 6.45) is 2.55. The van der Waals surface area contributed by atoms with E-state index in [0.717, 1.165) is 24.7 Å². The first kappa shape index (κ1) is 15.1. The molecule has 1 aromatic rings. The number of nitrogens with one attached hydrogen (secondary N) is 1. The third kappa shape index (κ3) is 3.89. The molecule has 2 N–H and O–H groups in total. The summed E-state index contributed by atoms with van der Waals surface area (Å²) in [6.45, 7) is 4.51. The molecule has 1 saturated heterocycles. The van der Waals surface area contributed by atoms with Gasteiger partial charge in [0.1, 0.15) is 0 Å². The summed E-state index contributed by atoms with van der Waals surface area (Å²) in [7, 11) is 0. The fraction of sp³-hybridized carbons (Fsp3) is 0.625. The molecule has 116 valence electrons. The maximum Gasteiger partial charge on any atom is 0.0984 e. The Labute approximate surface area is 131 Å². The summed E-state index contributed by atoms with van der Waals surface area (Å²) in [5.74, 6) is 0. The zero-order valence-electron chi connectivity index (χ0n) is 12.4. The van der Waals surface area contributed by atoms with Crippen LogP contribution in [0.3, 0.4) is 0 Å². The van der Waals surface area contributed by atoms with Crippen LogP contribution in [0, 0.1) is 0 Å². The zero-order chi connectivity index (χ0) is 14.8. The lowest BCUT2D eigenvalue weighted by atomic mass is 10.1. The van der Waals surface area contributed by atoms with Gasteiger partial charge in [0.25, 0.3) is 0 Å². The van der Waals surface area contributed by atoms with Crippen molar-refractivity contribution in [3.05, 3.63) is 28.8 Å². The topological polar surface area (TPSA) is 44.7 Å². The smallest absolute Gasteiger partial charge is 0.0984 e. The van der Waals surface area contributed by atoms with Crippen molar-refractivity contribution in [1.29, 1.82) is 0 Å². The lowest BCUT2D eigenvalue weighted by Crippen LogP contribution is -2.48. The van der Waals surface area contributed by atoms with Gasteiger partial charge in [0, 0.05) is 36.4 Å². The number of rotatable bonds is 5. The number of ether oxygens (including phenoxy) is 1. The van der Waals surface area contributed by atoms with Gasteiger partial charge < -0.3 is 20.1 Å². The quantitative estimate of drug-likeness (QED) is 0.875. The molecule has 4 nitrogen and oxygen atoms in total. The van der Waals surface area contributed by atoms with Crippen LogP contribution in [-0.2, 0) is 11.3 Å². The van der Waals surface area contributed by atoms with Crippen molar-refractivity contribution in [3.63, 3.8) is 0 Å². The van der Waals surface area contributed by atoms with E-state index >= 15 is 0 Å². The molecule has 3 rings (SSSR count). The van der Waals surface area contributed by atoms with Crippen molar-refractivity contribution in [2.24, 2.45) is 0 Å². The molecule has 0 radical (unpaired) electrons. The summed E-state index contributed by atoms with van der Waals surface area (Å²) >= 11 is 6.16. The molecule has 1 aromatic carbocycles. The van der Waals surface area contributed by atoms with Gasteiger partial charge in [0.05, 0.1) is 18.8 Å². The Morgan fingerprint density at radius 1 is 1.38 bits per heavy atom. The van der Waals surface area contributed by atoms with Crippen molar-refractivity contribution in [3.8, 4) is 0 Å².